The molecule has 0 aliphatic carbocycles. The van der Waals surface area contributed by atoms with Gasteiger partial charge in [-0.05, 0) is 30.2 Å². The SMILES string of the molecule is CC[C@@H](C)[C@H](NC(=O)c1cc(OC)c(OC)c(OC)c1)c1nc2ccccc2[nH]1. The minimum atomic E-state index is -0.265. The fourth-order valence-corrected chi connectivity index (χ4v) is 3.27. The Morgan fingerprint density at radius 1 is 1.10 bits per heavy atom. The highest BCUT2D eigenvalue weighted by molar-refractivity contribution is 5.96. The minimum absolute atomic E-state index is 0.182. The Morgan fingerprint density at radius 2 is 1.76 bits per heavy atom. The van der Waals surface area contributed by atoms with Gasteiger partial charge in [-0.25, -0.2) is 4.98 Å². The molecule has 1 heterocycles. The number of nitrogens with one attached hydrogen (secondary N) is 2. The summed E-state index contributed by atoms with van der Waals surface area (Å²) in [6, 6.07) is 10.8. The molecule has 0 aliphatic heterocycles. The first-order valence-corrected chi connectivity index (χ1v) is 9.57. The van der Waals surface area contributed by atoms with Crippen LogP contribution in [0.2, 0.25) is 0 Å². The van der Waals surface area contributed by atoms with E-state index in [1.54, 1.807) is 12.1 Å². The van der Waals surface area contributed by atoms with Crippen LogP contribution in [0.25, 0.3) is 11.0 Å². The van der Waals surface area contributed by atoms with E-state index in [9.17, 15) is 4.79 Å². The van der Waals surface area contributed by atoms with Crippen molar-refractivity contribution in [3.05, 3.63) is 47.8 Å². The Morgan fingerprint density at radius 3 is 2.31 bits per heavy atom. The Labute approximate surface area is 170 Å². The monoisotopic (exact) mass is 397 g/mol. The average molecular weight is 397 g/mol. The first-order valence-electron chi connectivity index (χ1n) is 9.57. The lowest BCUT2D eigenvalue weighted by Gasteiger charge is -2.23. The van der Waals surface area contributed by atoms with Crippen molar-refractivity contribution in [2.45, 2.75) is 26.3 Å². The molecule has 0 unspecified atom stereocenters. The van der Waals surface area contributed by atoms with Crippen LogP contribution in [0.1, 0.15) is 42.5 Å². The maximum absolute atomic E-state index is 13.1. The first-order chi connectivity index (χ1) is 14.0. The second-order valence-electron chi connectivity index (χ2n) is 6.89. The Kier molecular flexibility index (Phi) is 6.26. The molecular weight excluding hydrogens is 370 g/mol. The Bertz CT molecular complexity index is 941. The van der Waals surface area contributed by atoms with Gasteiger partial charge in [0.05, 0.1) is 38.4 Å². The van der Waals surface area contributed by atoms with E-state index in [0.29, 0.717) is 22.8 Å². The number of methoxy groups -OCH3 is 3. The Hall–Kier alpha value is -3.22. The molecule has 1 amide bonds. The Balaban J connectivity index is 1.95. The van der Waals surface area contributed by atoms with E-state index in [2.05, 4.69) is 29.1 Å². The van der Waals surface area contributed by atoms with Gasteiger partial charge < -0.3 is 24.5 Å². The van der Waals surface area contributed by atoms with Gasteiger partial charge in [0.1, 0.15) is 5.82 Å². The smallest absolute Gasteiger partial charge is 0.252 e. The number of imidazole rings is 1. The maximum atomic E-state index is 13.1. The third-order valence-corrected chi connectivity index (χ3v) is 5.13. The summed E-state index contributed by atoms with van der Waals surface area (Å²) in [4.78, 5) is 21.1. The number of fused-ring (bicyclic) bond motifs is 1. The number of rotatable bonds is 8. The topological polar surface area (TPSA) is 85.5 Å². The molecule has 2 aromatic carbocycles. The molecule has 2 N–H and O–H groups in total. The number of hydrogen-bond donors (Lipinski definition) is 2. The lowest BCUT2D eigenvalue weighted by molar-refractivity contribution is 0.0919. The summed E-state index contributed by atoms with van der Waals surface area (Å²) in [5.41, 5.74) is 2.24. The van der Waals surface area contributed by atoms with Crippen molar-refractivity contribution in [1.29, 1.82) is 0 Å². The maximum Gasteiger partial charge on any atom is 0.252 e. The molecule has 0 saturated carbocycles. The van der Waals surface area contributed by atoms with Crippen molar-refractivity contribution in [2.75, 3.05) is 21.3 Å². The summed E-state index contributed by atoms with van der Waals surface area (Å²) < 4.78 is 16.1. The molecule has 7 heteroatoms. The quantitative estimate of drug-likeness (QED) is 0.598. The number of amides is 1. The molecule has 3 aromatic rings. The molecule has 0 saturated heterocycles. The highest BCUT2D eigenvalue weighted by Crippen LogP contribution is 2.38. The van der Waals surface area contributed by atoms with Crippen molar-refractivity contribution >= 4 is 16.9 Å². The van der Waals surface area contributed by atoms with Gasteiger partial charge in [-0.2, -0.15) is 0 Å². The zero-order valence-corrected chi connectivity index (χ0v) is 17.4. The van der Waals surface area contributed by atoms with E-state index in [1.807, 2.05) is 24.3 Å². The standard InChI is InChI=1S/C22H27N3O4/c1-6-13(2)19(21-23-15-9-7-8-10-16(15)24-21)25-22(26)14-11-17(27-3)20(29-5)18(12-14)28-4/h7-13,19H,6H2,1-5H3,(H,23,24)(H,25,26)/t13-,19+/m1/s1. The molecule has 2 atom stereocenters. The van der Waals surface area contributed by atoms with Crippen LogP contribution >= 0.6 is 0 Å². The second kappa shape index (κ2) is 8.86. The van der Waals surface area contributed by atoms with E-state index >= 15 is 0 Å². The molecule has 0 bridgehead atoms. The number of aromatic amines is 1. The highest BCUT2D eigenvalue weighted by atomic mass is 16.5. The summed E-state index contributed by atoms with van der Waals surface area (Å²) in [6.07, 6.45) is 0.886. The van der Waals surface area contributed by atoms with Gasteiger partial charge >= 0.3 is 0 Å². The number of benzene rings is 2. The number of ether oxygens (including phenoxy) is 3. The largest absolute Gasteiger partial charge is 0.493 e. The van der Waals surface area contributed by atoms with Gasteiger partial charge in [0.25, 0.3) is 5.91 Å². The first kappa shape index (κ1) is 20.5. The normalized spacial score (nSPS) is 13.0. The molecule has 0 radical (unpaired) electrons. The minimum Gasteiger partial charge on any atom is -0.493 e. The van der Waals surface area contributed by atoms with Crippen LogP contribution in [0.3, 0.4) is 0 Å². The number of nitrogens with zero attached hydrogens (tertiary/aromatic N) is 1. The number of aromatic nitrogens is 2. The van der Waals surface area contributed by atoms with Crippen LogP contribution in [-0.4, -0.2) is 37.2 Å². The van der Waals surface area contributed by atoms with Crippen molar-refractivity contribution in [2.24, 2.45) is 5.92 Å². The van der Waals surface area contributed by atoms with Gasteiger partial charge in [0.15, 0.2) is 11.5 Å². The summed E-state index contributed by atoms with van der Waals surface area (Å²) >= 11 is 0. The number of hydrogen-bond acceptors (Lipinski definition) is 5. The number of carbonyl (C=O) groups is 1. The van der Waals surface area contributed by atoms with Gasteiger partial charge in [0.2, 0.25) is 5.75 Å². The van der Waals surface area contributed by atoms with E-state index in [-0.39, 0.29) is 17.9 Å². The van der Waals surface area contributed by atoms with Crippen molar-refractivity contribution < 1.29 is 19.0 Å². The average Bonchev–Trinajstić information content (AvgIpc) is 3.19. The number of carbonyl (C=O) groups excluding carboxylic acids is 1. The second-order valence-corrected chi connectivity index (χ2v) is 6.89. The van der Waals surface area contributed by atoms with Crippen molar-refractivity contribution in [3.8, 4) is 17.2 Å². The summed E-state index contributed by atoms with van der Waals surface area (Å²) in [5.74, 6) is 1.99. The number of para-hydroxylation sites is 2. The fourth-order valence-electron chi connectivity index (χ4n) is 3.27. The summed E-state index contributed by atoms with van der Waals surface area (Å²) in [5, 5.41) is 3.12. The molecule has 29 heavy (non-hydrogen) atoms. The van der Waals surface area contributed by atoms with Crippen LogP contribution in [0.4, 0.5) is 0 Å². The van der Waals surface area contributed by atoms with Gasteiger partial charge in [0, 0.05) is 5.56 Å². The molecule has 1 aromatic heterocycles. The predicted molar refractivity (Wildman–Crippen MR) is 112 cm³/mol. The summed E-state index contributed by atoms with van der Waals surface area (Å²) in [7, 11) is 4.57. The molecule has 7 nitrogen and oxygen atoms in total. The van der Waals surface area contributed by atoms with E-state index < -0.39 is 0 Å². The zero-order chi connectivity index (χ0) is 21.0. The van der Waals surface area contributed by atoms with Crippen LogP contribution in [-0.2, 0) is 0 Å². The van der Waals surface area contributed by atoms with Gasteiger partial charge in [-0.3, -0.25) is 4.79 Å². The van der Waals surface area contributed by atoms with Gasteiger partial charge in [-0.1, -0.05) is 32.4 Å². The lowest BCUT2D eigenvalue weighted by Crippen LogP contribution is -2.33. The highest BCUT2D eigenvalue weighted by Gasteiger charge is 2.25. The molecule has 0 fully saturated rings. The van der Waals surface area contributed by atoms with Crippen molar-refractivity contribution in [1.82, 2.24) is 15.3 Å². The van der Waals surface area contributed by atoms with E-state index in [0.717, 1.165) is 23.3 Å². The zero-order valence-electron chi connectivity index (χ0n) is 17.4. The third-order valence-electron chi connectivity index (χ3n) is 5.13. The molecule has 3 rings (SSSR count). The van der Waals surface area contributed by atoms with Crippen LogP contribution in [0, 0.1) is 5.92 Å². The van der Waals surface area contributed by atoms with E-state index in [4.69, 9.17) is 14.2 Å². The lowest BCUT2D eigenvalue weighted by atomic mass is 9.98. The van der Waals surface area contributed by atoms with Crippen molar-refractivity contribution in [3.63, 3.8) is 0 Å². The fraction of sp³-hybridized carbons (Fsp3) is 0.364. The van der Waals surface area contributed by atoms with E-state index in [1.165, 1.54) is 21.3 Å². The third kappa shape index (κ3) is 4.13. The summed E-state index contributed by atoms with van der Waals surface area (Å²) in [6.45, 7) is 4.18. The number of H-pyrrole nitrogens is 1. The molecule has 154 valence electrons. The van der Waals surface area contributed by atoms with Crippen LogP contribution < -0.4 is 19.5 Å². The molecular formula is C22H27N3O4. The van der Waals surface area contributed by atoms with Gasteiger partial charge in [-0.15, -0.1) is 0 Å². The van der Waals surface area contributed by atoms with Crippen LogP contribution in [0.15, 0.2) is 36.4 Å². The molecule has 0 spiro atoms. The molecule has 0 aliphatic rings. The van der Waals surface area contributed by atoms with Crippen LogP contribution in [0.5, 0.6) is 17.2 Å². The predicted octanol–water partition coefficient (Wildman–Crippen LogP) is 4.11.